The van der Waals surface area contributed by atoms with Gasteiger partial charge in [0.15, 0.2) is 0 Å². The topological polar surface area (TPSA) is 51.5 Å². The fraction of sp³-hybridized carbons (Fsp3) is 0.429. The van der Waals surface area contributed by atoms with Gasteiger partial charge < -0.3 is 14.2 Å². The van der Waals surface area contributed by atoms with Crippen molar-refractivity contribution in [3.8, 4) is 5.75 Å². The third-order valence-corrected chi connectivity index (χ3v) is 5.55. The molecule has 0 saturated carbocycles. The Hall–Kier alpha value is -2.27. The van der Waals surface area contributed by atoms with Gasteiger partial charge in [0.25, 0.3) is 5.56 Å². The lowest BCUT2D eigenvalue weighted by atomic mass is 10.1. The predicted molar refractivity (Wildman–Crippen MR) is 107 cm³/mol. The maximum Gasteiger partial charge on any atom is 0.254 e. The van der Waals surface area contributed by atoms with Crippen molar-refractivity contribution in [2.45, 2.75) is 39.2 Å². The lowest BCUT2D eigenvalue weighted by Crippen LogP contribution is -2.31. The van der Waals surface area contributed by atoms with Crippen LogP contribution in [0.25, 0.3) is 0 Å². The molecule has 1 aromatic heterocycles. The van der Waals surface area contributed by atoms with Gasteiger partial charge in [-0.1, -0.05) is 23.7 Å². The average molecular weight is 389 g/mol. The summed E-state index contributed by atoms with van der Waals surface area (Å²) in [5.74, 6) is 0.709. The molecule has 1 aromatic carbocycles. The molecular formula is C21H25ClN2O3. The van der Waals surface area contributed by atoms with E-state index >= 15 is 0 Å². The second kappa shape index (κ2) is 8.17. The van der Waals surface area contributed by atoms with Crippen molar-refractivity contribution in [1.82, 2.24) is 9.47 Å². The first-order chi connectivity index (χ1) is 12.8. The molecule has 6 heteroatoms. The summed E-state index contributed by atoms with van der Waals surface area (Å²) in [6.45, 7) is 5.09. The van der Waals surface area contributed by atoms with Gasteiger partial charge in [-0.3, -0.25) is 9.59 Å². The van der Waals surface area contributed by atoms with Crippen LogP contribution in [0.3, 0.4) is 0 Å². The van der Waals surface area contributed by atoms with Crippen LogP contribution in [0.5, 0.6) is 5.75 Å². The van der Waals surface area contributed by atoms with E-state index in [4.69, 9.17) is 16.3 Å². The number of ether oxygens (including phenoxy) is 1. The number of aromatic nitrogens is 1. The summed E-state index contributed by atoms with van der Waals surface area (Å²) >= 11 is 6.05. The van der Waals surface area contributed by atoms with E-state index in [2.05, 4.69) is 0 Å². The SMILES string of the molecule is Cc1cc(CCC(=O)N2CCC(Oc3cc(C)n(C)c(=O)c3)C2)ccc1Cl. The highest BCUT2D eigenvalue weighted by molar-refractivity contribution is 6.31. The van der Waals surface area contributed by atoms with Crippen molar-refractivity contribution >= 4 is 17.5 Å². The molecule has 2 heterocycles. The number of benzene rings is 1. The fourth-order valence-electron chi connectivity index (χ4n) is 3.32. The summed E-state index contributed by atoms with van der Waals surface area (Å²) in [7, 11) is 1.74. The molecule has 1 unspecified atom stereocenters. The number of carbonyl (C=O) groups is 1. The largest absolute Gasteiger partial charge is 0.488 e. The van der Waals surface area contributed by atoms with Crippen LogP contribution in [0.15, 0.2) is 35.1 Å². The van der Waals surface area contributed by atoms with Gasteiger partial charge in [-0.2, -0.15) is 0 Å². The molecule has 0 spiro atoms. The summed E-state index contributed by atoms with van der Waals surface area (Å²) in [5, 5.41) is 0.746. The minimum Gasteiger partial charge on any atom is -0.488 e. The Kier molecular flexibility index (Phi) is 5.90. The van der Waals surface area contributed by atoms with Gasteiger partial charge in [0.05, 0.1) is 6.54 Å². The van der Waals surface area contributed by atoms with Crippen LogP contribution in [0.1, 0.15) is 29.7 Å². The van der Waals surface area contributed by atoms with E-state index in [0.29, 0.717) is 31.7 Å². The van der Waals surface area contributed by atoms with Crippen LogP contribution in [-0.2, 0) is 18.3 Å². The normalized spacial score (nSPS) is 16.6. The molecule has 1 atom stereocenters. The standard InChI is InChI=1S/C21H25ClN2O3/c1-14-10-16(4-6-19(14)22)5-7-20(25)24-9-8-17(13-24)27-18-11-15(2)23(3)21(26)12-18/h4,6,10-12,17H,5,7-9,13H2,1-3H3. The van der Waals surface area contributed by atoms with Crippen molar-refractivity contribution in [1.29, 1.82) is 0 Å². The number of aryl methyl sites for hydroxylation is 3. The Morgan fingerprint density at radius 3 is 2.74 bits per heavy atom. The highest BCUT2D eigenvalue weighted by Gasteiger charge is 2.27. The zero-order chi connectivity index (χ0) is 19.6. The molecule has 1 aliphatic heterocycles. The van der Waals surface area contributed by atoms with Crippen molar-refractivity contribution in [3.63, 3.8) is 0 Å². The molecule has 2 aromatic rings. The minimum absolute atomic E-state index is 0.0711. The molecule has 0 N–H and O–H groups in total. The quantitative estimate of drug-likeness (QED) is 0.789. The Balaban J connectivity index is 1.53. The molecule has 0 aliphatic carbocycles. The zero-order valence-corrected chi connectivity index (χ0v) is 16.8. The number of pyridine rings is 1. The van der Waals surface area contributed by atoms with Crippen LogP contribution >= 0.6 is 11.6 Å². The van der Waals surface area contributed by atoms with Crippen molar-refractivity contribution in [2.75, 3.05) is 13.1 Å². The lowest BCUT2D eigenvalue weighted by molar-refractivity contribution is -0.130. The summed E-state index contributed by atoms with van der Waals surface area (Å²) in [6, 6.07) is 9.23. The average Bonchev–Trinajstić information content (AvgIpc) is 3.09. The van der Waals surface area contributed by atoms with E-state index in [0.717, 1.165) is 28.3 Å². The first kappa shape index (κ1) is 19.5. The number of likely N-dealkylation sites (tertiary alicyclic amines) is 1. The fourth-order valence-corrected chi connectivity index (χ4v) is 3.44. The third-order valence-electron chi connectivity index (χ3n) is 5.13. The Labute approximate surface area is 164 Å². The molecule has 3 rings (SSSR count). The van der Waals surface area contributed by atoms with Gasteiger partial charge >= 0.3 is 0 Å². The molecule has 144 valence electrons. The predicted octanol–water partition coefficient (Wildman–Crippen LogP) is 3.27. The molecule has 5 nitrogen and oxygen atoms in total. The second-order valence-electron chi connectivity index (χ2n) is 7.18. The molecule has 1 saturated heterocycles. The first-order valence-corrected chi connectivity index (χ1v) is 9.58. The van der Waals surface area contributed by atoms with Gasteiger partial charge in [0.1, 0.15) is 11.9 Å². The van der Waals surface area contributed by atoms with Crippen molar-refractivity contribution in [2.24, 2.45) is 7.05 Å². The van der Waals surface area contributed by atoms with E-state index < -0.39 is 0 Å². The number of carbonyl (C=O) groups excluding carboxylic acids is 1. The Morgan fingerprint density at radius 1 is 1.26 bits per heavy atom. The van der Waals surface area contributed by atoms with Gasteiger partial charge in [-0.25, -0.2) is 0 Å². The first-order valence-electron chi connectivity index (χ1n) is 9.20. The van der Waals surface area contributed by atoms with Gasteiger partial charge in [-0.05, 0) is 43.5 Å². The molecule has 1 aliphatic rings. The second-order valence-corrected chi connectivity index (χ2v) is 7.59. The van der Waals surface area contributed by atoms with Crippen LogP contribution in [-0.4, -0.2) is 34.6 Å². The van der Waals surface area contributed by atoms with E-state index in [1.165, 1.54) is 6.07 Å². The highest BCUT2D eigenvalue weighted by Crippen LogP contribution is 2.20. The van der Waals surface area contributed by atoms with Gasteiger partial charge in [0.2, 0.25) is 5.91 Å². The smallest absolute Gasteiger partial charge is 0.254 e. The maximum atomic E-state index is 12.5. The van der Waals surface area contributed by atoms with E-state index in [9.17, 15) is 9.59 Å². The van der Waals surface area contributed by atoms with E-state index in [-0.39, 0.29) is 17.6 Å². The third kappa shape index (κ3) is 4.72. The number of hydrogen-bond acceptors (Lipinski definition) is 3. The number of hydrogen-bond donors (Lipinski definition) is 0. The van der Waals surface area contributed by atoms with E-state index in [1.54, 1.807) is 11.6 Å². The van der Waals surface area contributed by atoms with Gasteiger partial charge in [0, 0.05) is 43.2 Å². The van der Waals surface area contributed by atoms with Crippen molar-refractivity contribution in [3.05, 3.63) is 62.5 Å². The zero-order valence-electron chi connectivity index (χ0n) is 16.0. The van der Waals surface area contributed by atoms with Crippen molar-refractivity contribution < 1.29 is 9.53 Å². The molecule has 27 heavy (non-hydrogen) atoms. The Morgan fingerprint density at radius 2 is 2.04 bits per heavy atom. The van der Waals surface area contributed by atoms with Crippen LogP contribution < -0.4 is 10.3 Å². The van der Waals surface area contributed by atoms with E-state index in [1.807, 2.05) is 43.0 Å². The monoisotopic (exact) mass is 388 g/mol. The summed E-state index contributed by atoms with van der Waals surface area (Å²) in [4.78, 5) is 26.2. The number of amides is 1. The lowest BCUT2D eigenvalue weighted by Gasteiger charge is -2.18. The summed E-state index contributed by atoms with van der Waals surface area (Å²) in [5.41, 5.74) is 2.91. The van der Waals surface area contributed by atoms with Crippen LogP contribution in [0, 0.1) is 13.8 Å². The Bertz CT molecular complexity index is 907. The maximum absolute atomic E-state index is 12.5. The number of nitrogens with zero attached hydrogens (tertiary/aromatic N) is 2. The number of rotatable bonds is 5. The summed E-state index contributed by atoms with van der Waals surface area (Å²) < 4.78 is 7.52. The molecule has 0 bridgehead atoms. The van der Waals surface area contributed by atoms with Crippen LogP contribution in [0.4, 0.5) is 0 Å². The summed E-state index contributed by atoms with van der Waals surface area (Å²) in [6.07, 6.45) is 1.88. The minimum atomic E-state index is -0.0887. The highest BCUT2D eigenvalue weighted by atomic mass is 35.5. The van der Waals surface area contributed by atoms with Gasteiger partial charge in [-0.15, -0.1) is 0 Å². The number of halogens is 1. The van der Waals surface area contributed by atoms with Crippen LogP contribution in [0.2, 0.25) is 5.02 Å². The molecule has 0 radical (unpaired) electrons. The molecule has 1 amide bonds. The molecule has 1 fully saturated rings. The molecular weight excluding hydrogens is 364 g/mol.